The van der Waals surface area contributed by atoms with E-state index in [-0.39, 0.29) is 17.9 Å². The molecule has 0 aliphatic heterocycles. The zero-order chi connectivity index (χ0) is 17.7. The number of carbonyl (C=O) groups is 1. The Morgan fingerprint density at radius 1 is 1.29 bits per heavy atom. The molecule has 0 spiro atoms. The summed E-state index contributed by atoms with van der Waals surface area (Å²) < 4.78 is 5.19. The number of aryl methyl sites for hydroxylation is 1. The molecule has 0 aliphatic rings. The molecule has 0 aliphatic carbocycles. The fraction of sp³-hybridized carbons (Fsp3) is 0.444. The first kappa shape index (κ1) is 18.4. The minimum atomic E-state index is -0.0632. The minimum absolute atomic E-state index is 0.0515. The first-order valence-electron chi connectivity index (χ1n) is 8.03. The monoisotopic (exact) mass is 347 g/mol. The van der Waals surface area contributed by atoms with E-state index < -0.39 is 0 Å². The van der Waals surface area contributed by atoms with Crippen LogP contribution in [0.3, 0.4) is 0 Å². The largest absolute Gasteiger partial charge is 0.497 e. The third kappa shape index (κ3) is 4.33. The SMILES string of the molecule is CNC[C@@H](C)C(=O)N[C@H](C)c1sc(-c2ccc(OC)cc2)nc1C. The molecule has 24 heavy (non-hydrogen) atoms. The van der Waals surface area contributed by atoms with Crippen LogP contribution in [0, 0.1) is 12.8 Å². The fourth-order valence-corrected chi connectivity index (χ4v) is 3.56. The van der Waals surface area contributed by atoms with Gasteiger partial charge in [-0.2, -0.15) is 0 Å². The lowest BCUT2D eigenvalue weighted by atomic mass is 10.1. The Hall–Kier alpha value is -1.92. The highest BCUT2D eigenvalue weighted by molar-refractivity contribution is 7.15. The quantitative estimate of drug-likeness (QED) is 0.807. The van der Waals surface area contributed by atoms with Crippen molar-refractivity contribution >= 4 is 17.2 Å². The molecular formula is C18H25N3O2S. The van der Waals surface area contributed by atoms with Crippen LogP contribution in [0.15, 0.2) is 24.3 Å². The molecule has 2 rings (SSSR count). The van der Waals surface area contributed by atoms with E-state index in [4.69, 9.17) is 4.74 Å². The minimum Gasteiger partial charge on any atom is -0.497 e. The van der Waals surface area contributed by atoms with Gasteiger partial charge in [0.25, 0.3) is 0 Å². The molecular weight excluding hydrogens is 322 g/mol. The van der Waals surface area contributed by atoms with Crippen LogP contribution >= 0.6 is 11.3 Å². The molecule has 1 heterocycles. The Morgan fingerprint density at radius 2 is 1.96 bits per heavy atom. The van der Waals surface area contributed by atoms with Crippen molar-refractivity contribution in [2.24, 2.45) is 5.92 Å². The molecule has 0 radical (unpaired) electrons. The average molecular weight is 347 g/mol. The molecule has 0 saturated heterocycles. The van der Waals surface area contributed by atoms with Crippen LogP contribution in [0.25, 0.3) is 10.6 Å². The average Bonchev–Trinajstić information content (AvgIpc) is 2.97. The molecule has 2 aromatic rings. The Bertz CT molecular complexity index is 682. The first-order valence-corrected chi connectivity index (χ1v) is 8.84. The van der Waals surface area contributed by atoms with Crippen LogP contribution in [0.2, 0.25) is 0 Å². The van der Waals surface area contributed by atoms with Crippen LogP contribution in [0.1, 0.15) is 30.5 Å². The summed E-state index contributed by atoms with van der Waals surface area (Å²) in [6.45, 7) is 6.57. The number of nitrogens with one attached hydrogen (secondary N) is 2. The number of carbonyl (C=O) groups excluding carboxylic acids is 1. The first-order chi connectivity index (χ1) is 11.5. The Labute approximate surface area is 147 Å². The van der Waals surface area contributed by atoms with Gasteiger partial charge in [0.2, 0.25) is 5.91 Å². The van der Waals surface area contributed by atoms with Crippen molar-refractivity contribution in [3.63, 3.8) is 0 Å². The summed E-state index contributed by atoms with van der Waals surface area (Å²) in [7, 11) is 3.50. The summed E-state index contributed by atoms with van der Waals surface area (Å²) in [5.74, 6) is 0.814. The third-order valence-corrected chi connectivity index (χ3v) is 5.27. The Balaban J connectivity index is 2.13. The van der Waals surface area contributed by atoms with Crippen molar-refractivity contribution in [3.05, 3.63) is 34.8 Å². The molecule has 0 unspecified atom stereocenters. The zero-order valence-electron chi connectivity index (χ0n) is 14.8. The molecule has 1 aromatic heterocycles. The number of benzene rings is 1. The second kappa shape index (κ2) is 8.26. The number of aromatic nitrogens is 1. The van der Waals surface area contributed by atoms with Gasteiger partial charge in [-0.3, -0.25) is 4.79 Å². The molecule has 0 bridgehead atoms. The lowest BCUT2D eigenvalue weighted by molar-refractivity contribution is -0.125. The van der Waals surface area contributed by atoms with E-state index in [1.54, 1.807) is 18.4 Å². The Kier molecular flexibility index (Phi) is 6.34. The molecule has 5 nitrogen and oxygen atoms in total. The summed E-state index contributed by atoms with van der Waals surface area (Å²) in [5.41, 5.74) is 2.01. The van der Waals surface area contributed by atoms with Gasteiger partial charge >= 0.3 is 0 Å². The molecule has 1 aromatic carbocycles. The number of rotatable bonds is 7. The van der Waals surface area contributed by atoms with Crippen molar-refractivity contribution in [2.45, 2.75) is 26.8 Å². The normalized spacial score (nSPS) is 13.4. The van der Waals surface area contributed by atoms with Crippen LogP contribution < -0.4 is 15.4 Å². The molecule has 0 fully saturated rings. The molecule has 2 N–H and O–H groups in total. The van der Waals surface area contributed by atoms with E-state index in [1.807, 2.05) is 52.1 Å². The number of hydrogen-bond acceptors (Lipinski definition) is 5. The van der Waals surface area contributed by atoms with Gasteiger partial charge in [0.15, 0.2) is 0 Å². The maximum absolute atomic E-state index is 12.2. The number of methoxy groups -OCH3 is 1. The van der Waals surface area contributed by atoms with Crippen LogP contribution in [-0.2, 0) is 4.79 Å². The van der Waals surface area contributed by atoms with Crippen molar-refractivity contribution in [3.8, 4) is 16.3 Å². The maximum Gasteiger partial charge on any atom is 0.224 e. The third-order valence-electron chi connectivity index (χ3n) is 3.88. The zero-order valence-corrected chi connectivity index (χ0v) is 15.7. The fourth-order valence-electron chi connectivity index (χ4n) is 2.49. The maximum atomic E-state index is 12.2. The van der Waals surface area contributed by atoms with Crippen LogP contribution in [0.5, 0.6) is 5.75 Å². The summed E-state index contributed by atoms with van der Waals surface area (Å²) in [5, 5.41) is 7.06. The second-order valence-electron chi connectivity index (χ2n) is 5.89. The van der Waals surface area contributed by atoms with Gasteiger partial charge in [-0.05, 0) is 45.2 Å². The summed E-state index contributed by atoms with van der Waals surface area (Å²) >= 11 is 1.62. The molecule has 130 valence electrons. The van der Waals surface area contributed by atoms with E-state index in [1.165, 1.54) is 0 Å². The molecule has 2 atom stereocenters. The lowest BCUT2D eigenvalue weighted by Gasteiger charge is -2.16. The van der Waals surface area contributed by atoms with Gasteiger partial charge in [0.05, 0.1) is 23.7 Å². The van der Waals surface area contributed by atoms with Crippen molar-refractivity contribution in [1.82, 2.24) is 15.6 Å². The van der Waals surface area contributed by atoms with Gasteiger partial charge in [-0.25, -0.2) is 4.98 Å². The van der Waals surface area contributed by atoms with E-state index >= 15 is 0 Å². The van der Waals surface area contributed by atoms with Crippen molar-refractivity contribution in [1.29, 1.82) is 0 Å². The van der Waals surface area contributed by atoms with Gasteiger partial charge in [0, 0.05) is 18.0 Å². The molecule has 6 heteroatoms. The van der Waals surface area contributed by atoms with Gasteiger partial charge in [-0.1, -0.05) is 6.92 Å². The number of amides is 1. The predicted molar refractivity (Wildman–Crippen MR) is 98.5 cm³/mol. The number of ether oxygens (including phenoxy) is 1. The highest BCUT2D eigenvalue weighted by Gasteiger charge is 2.19. The van der Waals surface area contributed by atoms with E-state index in [0.717, 1.165) is 26.9 Å². The molecule has 0 saturated carbocycles. The number of thiazole rings is 1. The van der Waals surface area contributed by atoms with Crippen LogP contribution in [0.4, 0.5) is 0 Å². The second-order valence-corrected chi connectivity index (χ2v) is 6.92. The number of hydrogen-bond donors (Lipinski definition) is 2. The Morgan fingerprint density at radius 3 is 2.54 bits per heavy atom. The predicted octanol–water partition coefficient (Wildman–Crippen LogP) is 3.16. The smallest absolute Gasteiger partial charge is 0.224 e. The van der Waals surface area contributed by atoms with Crippen molar-refractivity contribution in [2.75, 3.05) is 20.7 Å². The van der Waals surface area contributed by atoms with E-state index in [0.29, 0.717) is 6.54 Å². The van der Waals surface area contributed by atoms with Crippen LogP contribution in [-0.4, -0.2) is 31.6 Å². The summed E-state index contributed by atoms with van der Waals surface area (Å²) in [6, 6.07) is 7.80. The standard InChI is InChI=1S/C18H25N3O2S/c1-11(10-19-4)17(22)20-12(2)16-13(3)21-18(24-16)14-6-8-15(23-5)9-7-14/h6-9,11-12,19H,10H2,1-5H3,(H,20,22)/t11-,12-/m1/s1. The summed E-state index contributed by atoms with van der Waals surface area (Å²) in [6.07, 6.45) is 0. The van der Waals surface area contributed by atoms with Crippen molar-refractivity contribution < 1.29 is 9.53 Å². The van der Waals surface area contributed by atoms with Gasteiger partial charge in [0.1, 0.15) is 10.8 Å². The van der Waals surface area contributed by atoms with E-state index in [2.05, 4.69) is 15.6 Å². The highest BCUT2D eigenvalue weighted by atomic mass is 32.1. The topological polar surface area (TPSA) is 63.2 Å². The highest BCUT2D eigenvalue weighted by Crippen LogP contribution is 2.32. The summed E-state index contributed by atoms with van der Waals surface area (Å²) in [4.78, 5) is 17.9. The van der Waals surface area contributed by atoms with E-state index in [9.17, 15) is 4.79 Å². The molecule has 1 amide bonds. The van der Waals surface area contributed by atoms with Gasteiger partial charge in [-0.15, -0.1) is 11.3 Å². The lowest BCUT2D eigenvalue weighted by Crippen LogP contribution is -2.35. The van der Waals surface area contributed by atoms with Gasteiger partial charge < -0.3 is 15.4 Å². The number of nitrogens with zero attached hydrogens (tertiary/aromatic N) is 1.